The highest BCUT2D eigenvalue weighted by Gasteiger charge is 2.32. The molecule has 2 aromatic rings. The van der Waals surface area contributed by atoms with Gasteiger partial charge in [0.1, 0.15) is 11.9 Å². The first-order valence-corrected chi connectivity index (χ1v) is 10.0. The molecule has 0 saturated carbocycles. The predicted molar refractivity (Wildman–Crippen MR) is 117 cm³/mol. The predicted octanol–water partition coefficient (Wildman–Crippen LogP) is 1.61. The van der Waals surface area contributed by atoms with Gasteiger partial charge in [0.05, 0.1) is 18.8 Å². The number of halogens is 1. The van der Waals surface area contributed by atoms with Crippen LogP contribution in [0.4, 0.5) is 14.9 Å². The molecule has 1 unspecified atom stereocenters. The van der Waals surface area contributed by atoms with Crippen LogP contribution in [0.15, 0.2) is 42.5 Å². The molecule has 2 amide bonds. The number of hydrogen-bond acceptors (Lipinski definition) is 6. The molecule has 9 heteroatoms. The summed E-state index contributed by atoms with van der Waals surface area (Å²) in [7, 11) is 1.00. The van der Waals surface area contributed by atoms with E-state index in [4.69, 9.17) is 15.6 Å². The average molecular weight is 432 g/mol. The molecule has 1 aliphatic rings. The lowest BCUT2D eigenvalue weighted by molar-refractivity contribution is -0.119. The van der Waals surface area contributed by atoms with Gasteiger partial charge < -0.3 is 26.2 Å². The molecule has 1 heterocycles. The van der Waals surface area contributed by atoms with E-state index in [1.807, 2.05) is 19.1 Å². The van der Waals surface area contributed by atoms with Crippen LogP contribution in [0.3, 0.4) is 0 Å². The Bertz CT molecular complexity index is 876. The Morgan fingerprint density at radius 2 is 1.97 bits per heavy atom. The zero-order chi connectivity index (χ0) is 22.8. The zero-order valence-corrected chi connectivity index (χ0v) is 17.7. The van der Waals surface area contributed by atoms with Crippen LogP contribution < -0.4 is 21.3 Å². The van der Waals surface area contributed by atoms with Gasteiger partial charge in [0.15, 0.2) is 0 Å². The lowest BCUT2D eigenvalue weighted by Crippen LogP contribution is -2.30. The number of hydrogen-bond donors (Lipinski definition) is 4. The second-order valence-corrected chi connectivity index (χ2v) is 6.77. The van der Waals surface area contributed by atoms with E-state index >= 15 is 0 Å². The van der Waals surface area contributed by atoms with Gasteiger partial charge in [-0.2, -0.15) is 0 Å². The maximum absolute atomic E-state index is 14.8. The van der Waals surface area contributed by atoms with Crippen molar-refractivity contribution in [3.05, 3.63) is 53.8 Å². The third-order valence-corrected chi connectivity index (χ3v) is 4.70. The summed E-state index contributed by atoms with van der Waals surface area (Å²) in [6, 6.07) is 11.9. The molecule has 168 valence electrons. The molecule has 31 heavy (non-hydrogen) atoms. The second kappa shape index (κ2) is 12.0. The Hall–Kier alpha value is -3.01. The summed E-state index contributed by atoms with van der Waals surface area (Å²) in [5, 5.41) is 12.8. The van der Waals surface area contributed by atoms with E-state index in [9.17, 15) is 14.0 Å². The van der Waals surface area contributed by atoms with Crippen molar-refractivity contribution >= 4 is 17.7 Å². The van der Waals surface area contributed by atoms with E-state index in [1.54, 1.807) is 24.3 Å². The Morgan fingerprint density at radius 3 is 2.58 bits per heavy atom. The van der Waals surface area contributed by atoms with Gasteiger partial charge in [0, 0.05) is 25.8 Å². The molecule has 0 bridgehead atoms. The summed E-state index contributed by atoms with van der Waals surface area (Å²) in [4.78, 5) is 24.8. The average Bonchev–Trinajstić information content (AvgIpc) is 3.18. The molecule has 0 aromatic heterocycles. The van der Waals surface area contributed by atoms with Gasteiger partial charge in [-0.3, -0.25) is 9.69 Å². The molecule has 1 fully saturated rings. The van der Waals surface area contributed by atoms with Gasteiger partial charge >= 0.3 is 6.09 Å². The van der Waals surface area contributed by atoms with Crippen molar-refractivity contribution in [2.75, 3.05) is 38.2 Å². The number of nitrogens with two attached hydrogens (primary N) is 1. The van der Waals surface area contributed by atoms with Crippen molar-refractivity contribution in [2.24, 2.45) is 5.73 Å². The van der Waals surface area contributed by atoms with Crippen LogP contribution in [0.1, 0.15) is 12.5 Å². The molecule has 5 N–H and O–H groups in total. The lowest BCUT2D eigenvalue weighted by Gasteiger charge is -2.15. The Morgan fingerprint density at radius 1 is 1.26 bits per heavy atom. The first-order valence-electron chi connectivity index (χ1n) is 10.0. The van der Waals surface area contributed by atoms with Gasteiger partial charge in [0.25, 0.3) is 0 Å². The third-order valence-electron chi connectivity index (χ3n) is 4.70. The second-order valence-electron chi connectivity index (χ2n) is 6.77. The number of carbonyl (C=O) groups is 2. The van der Waals surface area contributed by atoms with Crippen molar-refractivity contribution in [2.45, 2.75) is 19.6 Å². The molecule has 0 aliphatic carbocycles. The van der Waals surface area contributed by atoms with Gasteiger partial charge in [-0.15, -0.1) is 0 Å². The number of cyclic esters (lactones) is 1. The molecule has 8 nitrogen and oxygen atoms in total. The van der Waals surface area contributed by atoms with E-state index < -0.39 is 11.9 Å². The number of nitrogens with one attached hydrogen (secondary N) is 2. The van der Waals surface area contributed by atoms with Crippen molar-refractivity contribution in [1.82, 2.24) is 10.6 Å². The fourth-order valence-corrected chi connectivity index (χ4v) is 3.12. The minimum Gasteiger partial charge on any atom is -0.443 e. The minimum absolute atomic E-state index is 0.0595. The van der Waals surface area contributed by atoms with Crippen LogP contribution in [0, 0.1) is 5.82 Å². The van der Waals surface area contributed by atoms with Crippen molar-refractivity contribution in [3.8, 4) is 11.1 Å². The van der Waals surface area contributed by atoms with E-state index in [0.29, 0.717) is 36.4 Å². The molecule has 1 aliphatic heterocycles. The van der Waals surface area contributed by atoms with Gasteiger partial charge in [-0.05, 0) is 35.9 Å². The molecule has 0 spiro atoms. The summed E-state index contributed by atoms with van der Waals surface area (Å²) >= 11 is 0. The zero-order valence-electron chi connectivity index (χ0n) is 17.7. The fraction of sp³-hybridized carbons (Fsp3) is 0.364. The quantitative estimate of drug-likeness (QED) is 0.504. The van der Waals surface area contributed by atoms with Crippen molar-refractivity contribution in [3.63, 3.8) is 0 Å². The molecule has 1 saturated heterocycles. The number of benzene rings is 2. The van der Waals surface area contributed by atoms with Gasteiger partial charge in [-0.25, -0.2) is 9.18 Å². The maximum atomic E-state index is 14.8. The topological polar surface area (TPSA) is 117 Å². The molecule has 1 atom stereocenters. The summed E-state index contributed by atoms with van der Waals surface area (Å²) in [6.45, 7) is 4.02. The number of anilines is 1. The number of ether oxygens (including phenoxy) is 1. The number of nitrogens with zero attached hydrogens (tertiary/aromatic N) is 1. The molecule has 2 aromatic carbocycles. The largest absolute Gasteiger partial charge is 0.443 e. The first-order chi connectivity index (χ1) is 15.0. The van der Waals surface area contributed by atoms with E-state index in [-0.39, 0.29) is 18.6 Å². The SMILES string of the molecule is CCNCC1CN(c2ccc(-c3ccc(CNC(=O)CN)cc3)c(F)c2)C(=O)O1.CO. The van der Waals surface area contributed by atoms with Crippen LogP contribution in [-0.2, 0) is 16.1 Å². The normalized spacial score (nSPS) is 15.2. The number of aliphatic hydroxyl groups is 1. The van der Waals surface area contributed by atoms with Gasteiger partial charge in [0.2, 0.25) is 5.91 Å². The summed E-state index contributed by atoms with van der Waals surface area (Å²) < 4.78 is 20.1. The van der Waals surface area contributed by atoms with E-state index in [0.717, 1.165) is 19.2 Å². The molecular formula is C22H29FN4O4. The fourth-order valence-electron chi connectivity index (χ4n) is 3.12. The first kappa shape index (κ1) is 24.3. The number of carbonyl (C=O) groups excluding carboxylic acids is 2. The molecule has 0 radical (unpaired) electrons. The Kier molecular flexibility index (Phi) is 9.39. The monoisotopic (exact) mass is 432 g/mol. The smallest absolute Gasteiger partial charge is 0.414 e. The van der Waals surface area contributed by atoms with Gasteiger partial charge in [-0.1, -0.05) is 31.2 Å². The van der Waals surface area contributed by atoms with E-state index in [2.05, 4.69) is 10.6 Å². The lowest BCUT2D eigenvalue weighted by atomic mass is 10.0. The number of rotatable bonds is 8. The minimum atomic E-state index is -0.469. The Labute approximate surface area is 181 Å². The van der Waals surface area contributed by atoms with Crippen LogP contribution in [0.5, 0.6) is 0 Å². The number of aliphatic hydroxyl groups excluding tert-OH is 1. The molecule has 3 rings (SSSR count). The van der Waals surface area contributed by atoms with Crippen LogP contribution in [-0.4, -0.2) is 56.5 Å². The highest BCUT2D eigenvalue weighted by Crippen LogP contribution is 2.29. The van der Waals surface area contributed by atoms with Crippen LogP contribution in [0.25, 0.3) is 11.1 Å². The standard InChI is InChI=1S/C21H25FN4O3.CH4O/c1-2-24-12-17-13-26(21(28)29-17)16-7-8-18(19(22)9-16)15-5-3-14(4-6-15)11-25-20(27)10-23;1-2/h3-9,17,24H,2,10-13,23H2,1H3,(H,25,27);2H,1H3. The summed E-state index contributed by atoms with van der Waals surface area (Å²) in [6.07, 6.45) is -0.721. The Balaban J connectivity index is 0.00000166. The van der Waals surface area contributed by atoms with Crippen LogP contribution >= 0.6 is 0 Å². The third kappa shape index (κ3) is 6.48. The van der Waals surface area contributed by atoms with Crippen molar-refractivity contribution < 1.29 is 23.8 Å². The van der Waals surface area contributed by atoms with Crippen molar-refractivity contribution in [1.29, 1.82) is 0 Å². The highest BCUT2D eigenvalue weighted by atomic mass is 19.1. The number of likely N-dealkylation sites (N-methyl/N-ethyl adjacent to an activating group) is 1. The molecular weight excluding hydrogens is 403 g/mol. The van der Waals surface area contributed by atoms with E-state index in [1.165, 1.54) is 11.0 Å². The highest BCUT2D eigenvalue weighted by molar-refractivity contribution is 5.90. The maximum Gasteiger partial charge on any atom is 0.414 e. The summed E-state index contributed by atoms with van der Waals surface area (Å²) in [5.74, 6) is -0.654. The summed E-state index contributed by atoms with van der Waals surface area (Å²) in [5.41, 5.74) is 7.75. The van der Waals surface area contributed by atoms with Crippen LogP contribution in [0.2, 0.25) is 0 Å². The number of amides is 2.